The molecule has 1 fully saturated rings. The molecular weight excluding hydrogens is 344 g/mol. The van der Waals surface area contributed by atoms with Gasteiger partial charge in [-0.25, -0.2) is 4.79 Å². The summed E-state index contributed by atoms with van der Waals surface area (Å²) in [6.07, 6.45) is 2.40. The number of benzene rings is 2. The maximum absolute atomic E-state index is 12.4. The molecule has 2 aromatic rings. The lowest BCUT2D eigenvalue weighted by Crippen LogP contribution is -2.42. The van der Waals surface area contributed by atoms with Gasteiger partial charge in [-0.1, -0.05) is 42.8 Å². The third-order valence-electron chi connectivity index (χ3n) is 4.74. The van der Waals surface area contributed by atoms with Crippen LogP contribution in [0.2, 0.25) is 0 Å². The first-order chi connectivity index (χ1) is 13.2. The summed E-state index contributed by atoms with van der Waals surface area (Å²) in [6.45, 7) is 0.342. The summed E-state index contributed by atoms with van der Waals surface area (Å²) >= 11 is 0. The van der Waals surface area contributed by atoms with Crippen LogP contribution in [-0.4, -0.2) is 25.2 Å². The van der Waals surface area contributed by atoms with E-state index in [0.717, 1.165) is 30.6 Å². The average molecular weight is 368 g/mol. The Labute approximate surface area is 158 Å². The van der Waals surface area contributed by atoms with Gasteiger partial charge < -0.3 is 20.1 Å². The van der Waals surface area contributed by atoms with E-state index in [2.05, 4.69) is 10.6 Å². The number of carbonyl (C=O) groups excluding carboxylic acids is 2. The number of rotatable bonds is 6. The van der Waals surface area contributed by atoms with Crippen molar-refractivity contribution in [3.8, 4) is 5.75 Å². The summed E-state index contributed by atoms with van der Waals surface area (Å²) < 4.78 is 10.6. The van der Waals surface area contributed by atoms with Crippen molar-refractivity contribution in [1.82, 2.24) is 5.32 Å². The van der Waals surface area contributed by atoms with Crippen molar-refractivity contribution in [2.75, 3.05) is 12.4 Å². The SMILES string of the molecule is COC(=O)[C@@H]1CCC[C@@H]1NC(=O)Nc1ccccc1COc1ccccc1. The first-order valence-electron chi connectivity index (χ1n) is 9.08. The van der Waals surface area contributed by atoms with Crippen molar-refractivity contribution in [3.05, 3.63) is 60.2 Å². The third kappa shape index (κ3) is 5.00. The van der Waals surface area contributed by atoms with Crippen LogP contribution in [0.15, 0.2) is 54.6 Å². The van der Waals surface area contributed by atoms with Crippen molar-refractivity contribution >= 4 is 17.7 Å². The largest absolute Gasteiger partial charge is 0.489 e. The second kappa shape index (κ2) is 9.07. The molecule has 0 bridgehead atoms. The molecule has 6 heteroatoms. The van der Waals surface area contributed by atoms with Gasteiger partial charge in [-0.3, -0.25) is 4.79 Å². The first-order valence-corrected chi connectivity index (χ1v) is 9.08. The highest BCUT2D eigenvalue weighted by atomic mass is 16.5. The monoisotopic (exact) mass is 368 g/mol. The second-order valence-electron chi connectivity index (χ2n) is 6.52. The van der Waals surface area contributed by atoms with Crippen LogP contribution in [0.25, 0.3) is 0 Å². The van der Waals surface area contributed by atoms with E-state index in [1.165, 1.54) is 7.11 Å². The lowest BCUT2D eigenvalue weighted by molar-refractivity contribution is -0.145. The van der Waals surface area contributed by atoms with Gasteiger partial charge >= 0.3 is 12.0 Å². The minimum absolute atomic E-state index is 0.204. The number of urea groups is 1. The smallest absolute Gasteiger partial charge is 0.319 e. The van der Waals surface area contributed by atoms with E-state index in [9.17, 15) is 9.59 Å². The van der Waals surface area contributed by atoms with Crippen LogP contribution < -0.4 is 15.4 Å². The predicted molar refractivity (Wildman–Crippen MR) is 103 cm³/mol. The fraction of sp³-hybridized carbons (Fsp3) is 0.333. The molecule has 1 aliphatic rings. The van der Waals surface area contributed by atoms with Crippen molar-refractivity contribution < 1.29 is 19.1 Å². The number of para-hydroxylation sites is 2. The van der Waals surface area contributed by atoms with Crippen molar-refractivity contribution in [1.29, 1.82) is 0 Å². The molecule has 6 nitrogen and oxygen atoms in total. The van der Waals surface area contributed by atoms with Crippen LogP contribution in [0.1, 0.15) is 24.8 Å². The standard InChI is InChI=1S/C21H24N2O4/c1-26-20(24)17-11-7-13-19(17)23-21(25)22-18-12-6-5-8-15(18)14-27-16-9-3-2-4-10-16/h2-6,8-10,12,17,19H,7,11,13-14H2,1H3,(H2,22,23,25)/t17-,19+/m1/s1. The van der Waals surface area contributed by atoms with E-state index in [0.29, 0.717) is 12.3 Å². The Balaban J connectivity index is 1.60. The van der Waals surface area contributed by atoms with Crippen LogP contribution >= 0.6 is 0 Å². The number of esters is 1. The minimum Gasteiger partial charge on any atom is -0.489 e. The number of methoxy groups -OCH3 is 1. The quantitative estimate of drug-likeness (QED) is 0.762. The van der Waals surface area contributed by atoms with E-state index < -0.39 is 0 Å². The summed E-state index contributed by atoms with van der Waals surface area (Å²) in [4.78, 5) is 24.3. The van der Waals surface area contributed by atoms with Crippen LogP contribution in [0, 0.1) is 5.92 Å². The molecule has 1 aliphatic carbocycles. The zero-order valence-electron chi connectivity index (χ0n) is 15.3. The molecule has 142 valence electrons. The van der Waals surface area contributed by atoms with Gasteiger partial charge in [0.2, 0.25) is 0 Å². The average Bonchev–Trinajstić information content (AvgIpc) is 3.15. The minimum atomic E-state index is -0.331. The Bertz CT molecular complexity index is 779. The van der Waals surface area contributed by atoms with Crippen molar-refractivity contribution in [2.45, 2.75) is 31.9 Å². The summed E-state index contributed by atoms with van der Waals surface area (Å²) in [5.74, 6) is 0.218. The molecule has 0 radical (unpaired) electrons. The lowest BCUT2D eigenvalue weighted by atomic mass is 10.0. The predicted octanol–water partition coefficient (Wildman–Crippen LogP) is 3.73. The summed E-state index contributed by atoms with van der Waals surface area (Å²) in [6, 6.07) is 16.5. The molecule has 0 aromatic heterocycles. The zero-order chi connectivity index (χ0) is 19.1. The molecule has 0 aliphatic heterocycles. The number of carbonyl (C=O) groups is 2. The molecule has 2 atom stereocenters. The Hall–Kier alpha value is -3.02. The molecule has 27 heavy (non-hydrogen) atoms. The van der Waals surface area contributed by atoms with Gasteiger partial charge in [-0.15, -0.1) is 0 Å². The van der Waals surface area contributed by atoms with Gasteiger partial charge in [0, 0.05) is 17.3 Å². The van der Waals surface area contributed by atoms with E-state index in [4.69, 9.17) is 9.47 Å². The number of amides is 2. The number of nitrogens with one attached hydrogen (secondary N) is 2. The Morgan fingerprint density at radius 3 is 2.56 bits per heavy atom. The molecule has 2 aromatic carbocycles. The topological polar surface area (TPSA) is 76.7 Å². The highest BCUT2D eigenvalue weighted by molar-refractivity contribution is 5.90. The molecule has 2 N–H and O–H groups in total. The van der Waals surface area contributed by atoms with E-state index in [1.54, 1.807) is 0 Å². The van der Waals surface area contributed by atoms with E-state index in [-0.39, 0.29) is 24.0 Å². The maximum atomic E-state index is 12.4. The number of ether oxygens (including phenoxy) is 2. The van der Waals surface area contributed by atoms with E-state index in [1.807, 2.05) is 54.6 Å². The fourth-order valence-electron chi connectivity index (χ4n) is 3.34. The lowest BCUT2D eigenvalue weighted by Gasteiger charge is -2.20. The molecule has 0 saturated heterocycles. The van der Waals surface area contributed by atoms with Gasteiger partial charge in [0.15, 0.2) is 0 Å². The number of hydrogen-bond acceptors (Lipinski definition) is 4. The molecule has 2 amide bonds. The van der Waals surface area contributed by atoms with Gasteiger partial charge in [0.05, 0.1) is 13.0 Å². The van der Waals surface area contributed by atoms with Gasteiger partial charge in [0.1, 0.15) is 12.4 Å². The third-order valence-corrected chi connectivity index (χ3v) is 4.74. The van der Waals surface area contributed by atoms with Crippen molar-refractivity contribution in [2.24, 2.45) is 5.92 Å². The Kier molecular flexibility index (Phi) is 6.30. The Morgan fingerprint density at radius 2 is 1.78 bits per heavy atom. The highest BCUT2D eigenvalue weighted by Gasteiger charge is 2.34. The van der Waals surface area contributed by atoms with Gasteiger partial charge in [-0.05, 0) is 31.0 Å². The fourth-order valence-corrected chi connectivity index (χ4v) is 3.34. The molecule has 0 unspecified atom stereocenters. The molecule has 1 saturated carbocycles. The van der Waals surface area contributed by atoms with Gasteiger partial charge in [-0.2, -0.15) is 0 Å². The van der Waals surface area contributed by atoms with Gasteiger partial charge in [0.25, 0.3) is 0 Å². The van der Waals surface area contributed by atoms with Crippen LogP contribution in [0.5, 0.6) is 5.75 Å². The zero-order valence-corrected chi connectivity index (χ0v) is 15.3. The normalized spacial score (nSPS) is 18.6. The summed E-state index contributed by atoms with van der Waals surface area (Å²) in [5.41, 5.74) is 1.55. The summed E-state index contributed by atoms with van der Waals surface area (Å²) in [7, 11) is 1.38. The molecule has 0 spiro atoms. The van der Waals surface area contributed by atoms with Crippen LogP contribution in [0.3, 0.4) is 0 Å². The molecular formula is C21H24N2O4. The Morgan fingerprint density at radius 1 is 1.04 bits per heavy atom. The highest BCUT2D eigenvalue weighted by Crippen LogP contribution is 2.27. The second-order valence-corrected chi connectivity index (χ2v) is 6.52. The maximum Gasteiger partial charge on any atom is 0.319 e. The molecule has 0 heterocycles. The van der Waals surface area contributed by atoms with Crippen molar-refractivity contribution in [3.63, 3.8) is 0 Å². The van der Waals surface area contributed by atoms with Crippen LogP contribution in [-0.2, 0) is 16.1 Å². The number of hydrogen-bond donors (Lipinski definition) is 2. The number of anilines is 1. The van der Waals surface area contributed by atoms with E-state index >= 15 is 0 Å². The first kappa shape index (κ1) is 18.8. The summed E-state index contributed by atoms with van der Waals surface area (Å²) in [5, 5.41) is 5.77. The molecule has 3 rings (SSSR count). The van der Waals surface area contributed by atoms with Crippen LogP contribution in [0.4, 0.5) is 10.5 Å².